The van der Waals surface area contributed by atoms with E-state index < -0.39 is 15.9 Å². The van der Waals surface area contributed by atoms with Crippen LogP contribution < -0.4 is 10.1 Å². The molecule has 0 unspecified atom stereocenters. The maximum Gasteiger partial charge on any atom is 0.246 e. The van der Waals surface area contributed by atoms with E-state index in [0.29, 0.717) is 36.0 Å². The van der Waals surface area contributed by atoms with Gasteiger partial charge in [0.05, 0.1) is 24.5 Å². The number of rotatable bonds is 7. The fraction of sp³-hybridized carbons (Fsp3) is 0.318. The number of halogens is 1. The highest BCUT2D eigenvalue weighted by atomic mass is 35.5. The van der Waals surface area contributed by atoms with Gasteiger partial charge in [0.15, 0.2) is 0 Å². The molecule has 174 valence electrons. The van der Waals surface area contributed by atoms with E-state index in [0.717, 1.165) is 5.56 Å². The number of sulfonamides is 1. The van der Waals surface area contributed by atoms with Gasteiger partial charge >= 0.3 is 0 Å². The second-order valence-electron chi connectivity index (χ2n) is 7.62. The van der Waals surface area contributed by atoms with Crippen molar-refractivity contribution in [2.45, 2.75) is 24.3 Å². The zero-order valence-corrected chi connectivity index (χ0v) is 19.5. The summed E-state index contributed by atoms with van der Waals surface area (Å²) in [5.41, 5.74) is 0.728. The zero-order chi connectivity index (χ0) is 23.4. The lowest BCUT2D eigenvalue weighted by Crippen LogP contribution is -2.45. The molecule has 1 fully saturated rings. The van der Waals surface area contributed by atoms with Gasteiger partial charge < -0.3 is 14.6 Å². The van der Waals surface area contributed by atoms with Gasteiger partial charge in [-0.25, -0.2) is 8.42 Å². The Bertz CT molecular complexity index is 1230. The van der Waals surface area contributed by atoms with Gasteiger partial charge in [0, 0.05) is 23.7 Å². The average Bonchev–Trinajstić information content (AvgIpc) is 3.32. The van der Waals surface area contributed by atoms with Gasteiger partial charge in [-0.2, -0.15) is 9.29 Å². The summed E-state index contributed by atoms with van der Waals surface area (Å²) in [5, 5.41) is 7.18. The number of methoxy groups -OCH3 is 1. The number of nitrogens with zero attached hydrogens (tertiary/aromatic N) is 3. The molecule has 33 heavy (non-hydrogen) atoms. The van der Waals surface area contributed by atoms with Crippen LogP contribution in [-0.2, 0) is 21.4 Å². The van der Waals surface area contributed by atoms with E-state index in [2.05, 4.69) is 15.5 Å². The third-order valence-electron chi connectivity index (χ3n) is 5.42. The van der Waals surface area contributed by atoms with Gasteiger partial charge in [0.1, 0.15) is 5.75 Å². The van der Waals surface area contributed by atoms with Crippen LogP contribution in [0.15, 0.2) is 57.9 Å². The Morgan fingerprint density at radius 1 is 1.27 bits per heavy atom. The van der Waals surface area contributed by atoms with Crippen LogP contribution >= 0.6 is 11.6 Å². The van der Waals surface area contributed by atoms with Crippen molar-refractivity contribution in [2.75, 3.05) is 20.2 Å². The number of ether oxygens (including phenoxy) is 1. The van der Waals surface area contributed by atoms with Crippen molar-refractivity contribution in [3.05, 3.63) is 59.4 Å². The summed E-state index contributed by atoms with van der Waals surface area (Å²) in [4.78, 5) is 17.2. The van der Waals surface area contributed by atoms with E-state index in [1.54, 1.807) is 13.2 Å². The molecule has 1 amide bonds. The Kier molecular flexibility index (Phi) is 6.96. The summed E-state index contributed by atoms with van der Waals surface area (Å²) in [7, 11) is -2.13. The number of benzene rings is 2. The molecule has 0 spiro atoms. The number of hydrogen-bond donors (Lipinski definition) is 1. The number of nitrogens with one attached hydrogen (secondary N) is 1. The summed E-state index contributed by atoms with van der Waals surface area (Å²) in [6, 6.07) is 13.2. The Balaban J connectivity index is 1.37. The van der Waals surface area contributed by atoms with E-state index in [-0.39, 0.29) is 29.8 Å². The van der Waals surface area contributed by atoms with Gasteiger partial charge in [-0.05, 0) is 49.2 Å². The number of carbonyl (C=O) groups is 1. The van der Waals surface area contributed by atoms with Crippen molar-refractivity contribution in [2.24, 2.45) is 5.92 Å². The Morgan fingerprint density at radius 2 is 2.06 bits per heavy atom. The van der Waals surface area contributed by atoms with Gasteiger partial charge in [-0.15, -0.1) is 0 Å². The van der Waals surface area contributed by atoms with Crippen LogP contribution in [0.2, 0.25) is 5.02 Å². The van der Waals surface area contributed by atoms with Crippen molar-refractivity contribution in [3.8, 4) is 17.1 Å². The Hall–Kier alpha value is -2.95. The minimum atomic E-state index is -3.70. The number of hydrogen-bond acceptors (Lipinski definition) is 7. The SMILES string of the molecule is COc1cccc(-c2noc(CNC(=O)[C@@H]3CCCN(S(=O)(=O)c4ccc(Cl)cc4)C3)n2)c1. The highest BCUT2D eigenvalue weighted by Crippen LogP contribution is 2.25. The van der Waals surface area contributed by atoms with Crippen LogP contribution in [0.1, 0.15) is 18.7 Å². The topological polar surface area (TPSA) is 115 Å². The molecule has 1 N–H and O–H groups in total. The molecule has 1 aliphatic rings. The number of carbonyl (C=O) groups excluding carboxylic acids is 1. The molecule has 3 aromatic rings. The molecule has 11 heteroatoms. The first-order valence-corrected chi connectivity index (χ1v) is 12.2. The fourth-order valence-corrected chi connectivity index (χ4v) is 5.29. The standard InChI is InChI=1S/C22H23ClN4O5S/c1-31-18-6-2-4-15(12-18)21-25-20(32-26-21)13-24-22(28)16-5-3-11-27(14-16)33(29,30)19-9-7-17(23)8-10-19/h2,4,6-10,12,16H,3,5,11,13-14H2,1H3,(H,24,28)/t16-/m1/s1. The Morgan fingerprint density at radius 3 is 2.82 bits per heavy atom. The van der Waals surface area contributed by atoms with E-state index in [4.69, 9.17) is 20.9 Å². The third kappa shape index (κ3) is 5.35. The van der Waals surface area contributed by atoms with Crippen LogP contribution in [0.3, 0.4) is 0 Å². The monoisotopic (exact) mass is 490 g/mol. The summed E-state index contributed by atoms with van der Waals surface area (Å²) in [5.74, 6) is 0.579. The molecular weight excluding hydrogens is 468 g/mol. The minimum absolute atomic E-state index is 0.0518. The quantitative estimate of drug-likeness (QED) is 0.541. The van der Waals surface area contributed by atoms with Crippen LogP contribution in [0.4, 0.5) is 0 Å². The number of piperidine rings is 1. The second-order valence-corrected chi connectivity index (χ2v) is 9.99. The third-order valence-corrected chi connectivity index (χ3v) is 7.55. The summed E-state index contributed by atoms with van der Waals surface area (Å²) < 4.78 is 37.7. The molecule has 9 nitrogen and oxygen atoms in total. The van der Waals surface area contributed by atoms with E-state index in [1.807, 2.05) is 18.2 Å². The lowest BCUT2D eigenvalue weighted by molar-refractivity contribution is -0.126. The van der Waals surface area contributed by atoms with Crippen molar-refractivity contribution in [3.63, 3.8) is 0 Å². The summed E-state index contributed by atoms with van der Waals surface area (Å²) in [6.07, 6.45) is 1.18. The second kappa shape index (κ2) is 9.90. The molecule has 0 radical (unpaired) electrons. The minimum Gasteiger partial charge on any atom is -0.497 e. The van der Waals surface area contributed by atoms with Crippen LogP contribution in [0, 0.1) is 5.92 Å². The van der Waals surface area contributed by atoms with Gasteiger partial charge in [-0.3, -0.25) is 4.79 Å². The first kappa shape index (κ1) is 23.2. The van der Waals surface area contributed by atoms with Crippen molar-refractivity contribution in [1.82, 2.24) is 19.8 Å². The number of aromatic nitrogens is 2. The smallest absolute Gasteiger partial charge is 0.246 e. The lowest BCUT2D eigenvalue weighted by Gasteiger charge is -2.31. The van der Waals surface area contributed by atoms with E-state index in [9.17, 15) is 13.2 Å². The molecule has 2 aromatic carbocycles. The predicted octanol–water partition coefficient (Wildman–Crippen LogP) is 3.12. The van der Waals surface area contributed by atoms with E-state index in [1.165, 1.54) is 28.6 Å². The lowest BCUT2D eigenvalue weighted by atomic mass is 9.99. The first-order valence-electron chi connectivity index (χ1n) is 10.4. The molecule has 0 saturated carbocycles. The van der Waals surface area contributed by atoms with Gasteiger partial charge in [0.25, 0.3) is 0 Å². The molecule has 1 atom stereocenters. The molecule has 0 bridgehead atoms. The molecular formula is C22H23ClN4O5S. The Labute approximate surface area is 196 Å². The maximum atomic E-state index is 12.9. The highest BCUT2D eigenvalue weighted by Gasteiger charge is 2.33. The molecule has 0 aliphatic carbocycles. The zero-order valence-electron chi connectivity index (χ0n) is 17.9. The molecule has 2 heterocycles. The fourth-order valence-electron chi connectivity index (χ4n) is 3.64. The molecule has 1 aromatic heterocycles. The summed E-state index contributed by atoms with van der Waals surface area (Å²) in [6.45, 7) is 0.522. The van der Waals surface area contributed by atoms with Crippen LogP contribution in [0.25, 0.3) is 11.4 Å². The van der Waals surface area contributed by atoms with E-state index >= 15 is 0 Å². The van der Waals surface area contributed by atoms with Crippen LogP contribution in [-0.4, -0.2) is 49.0 Å². The average molecular weight is 491 g/mol. The summed E-state index contributed by atoms with van der Waals surface area (Å²) >= 11 is 5.86. The largest absolute Gasteiger partial charge is 0.497 e. The van der Waals surface area contributed by atoms with Crippen molar-refractivity contribution >= 4 is 27.5 Å². The maximum absolute atomic E-state index is 12.9. The molecule has 1 aliphatic heterocycles. The van der Waals surface area contributed by atoms with Crippen molar-refractivity contribution < 1.29 is 22.5 Å². The number of amides is 1. The normalized spacial score (nSPS) is 17.0. The van der Waals surface area contributed by atoms with Crippen molar-refractivity contribution in [1.29, 1.82) is 0 Å². The van der Waals surface area contributed by atoms with Gasteiger partial charge in [-0.1, -0.05) is 28.9 Å². The highest BCUT2D eigenvalue weighted by molar-refractivity contribution is 7.89. The predicted molar refractivity (Wildman–Crippen MR) is 121 cm³/mol. The van der Waals surface area contributed by atoms with Gasteiger partial charge in [0.2, 0.25) is 27.6 Å². The van der Waals surface area contributed by atoms with Crippen LogP contribution in [0.5, 0.6) is 5.75 Å². The molecule has 4 rings (SSSR count). The first-order chi connectivity index (χ1) is 15.9. The molecule has 1 saturated heterocycles.